The minimum absolute atomic E-state index is 0.000572. The molecule has 0 aliphatic carbocycles. The van der Waals surface area contributed by atoms with Crippen molar-refractivity contribution in [3.63, 3.8) is 0 Å². The Kier molecular flexibility index (Phi) is 6.93. The number of piperazine rings is 1. The highest BCUT2D eigenvalue weighted by Gasteiger charge is 2.53. The lowest BCUT2D eigenvalue weighted by molar-refractivity contribution is -0.162. The van der Waals surface area contributed by atoms with Crippen LogP contribution >= 0.6 is 0 Å². The van der Waals surface area contributed by atoms with E-state index in [1.54, 1.807) is 0 Å². The zero-order valence-electron chi connectivity index (χ0n) is 21.6. The smallest absolute Gasteiger partial charge is 0.246 e. The molecule has 1 spiro atoms. The van der Waals surface area contributed by atoms with Gasteiger partial charge in [0.05, 0.1) is 0 Å². The van der Waals surface area contributed by atoms with Gasteiger partial charge in [0.1, 0.15) is 24.8 Å². The minimum atomic E-state index is -0.808. The molecule has 2 aromatic carbocycles. The second-order valence-corrected chi connectivity index (χ2v) is 10.9. The fourth-order valence-corrected chi connectivity index (χ4v) is 5.75. The number of hydrogen-bond acceptors (Lipinski definition) is 5. The third-order valence-corrected chi connectivity index (χ3v) is 7.64. The third kappa shape index (κ3) is 4.94. The maximum absolute atomic E-state index is 13.8. The van der Waals surface area contributed by atoms with Crippen molar-refractivity contribution < 1.29 is 19.1 Å². The van der Waals surface area contributed by atoms with Gasteiger partial charge in [-0.2, -0.15) is 0 Å². The number of hydrogen-bond donors (Lipinski definition) is 1. The molecule has 2 saturated heterocycles. The van der Waals surface area contributed by atoms with E-state index in [4.69, 9.17) is 9.47 Å². The summed E-state index contributed by atoms with van der Waals surface area (Å²) >= 11 is 0. The average Bonchev–Trinajstić information content (AvgIpc) is 2.86. The van der Waals surface area contributed by atoms with E-state index in [-0.39, 0.29) is 11.8 Å². The van der Waals surface area contributed by atoms with E-state index >= 15 is 0 Å². The van der Waals surface area contributed by atoms with Crippen LogP contribution in [0.2, 0.25) is 0 Å². The predicted octanol–water partition coefficient (Wildman–Crippen LogP) is 3.67. The van der Waals surface area contributed by atoms with Crippen LogP contribution in [0.5, 0.6) is 11.5 Å². The van der Waals surface area contributed by atoms with Crippen LogP contribution in [0.15, 0.2) is 42.5 Å². The highest BCUT2D eigenvalue weighted by molar-refractivity contribution is 6.00. The summed E-state index contributed by atoms with van der Waals surface area (Å²) in [5.41, 5.74) is 2.58. The van der Waals surface area contributed by atoms with Crippen molar-refractivity contribution in [1.82, 2.24) is 15.1 Å². The summed E-state index contributed by atoms with van der Waals surface area (Å²) in [6.07, 6.45) is 1.89. The second-order valence-electron chi connectivity index (χ2n) is 10.9. The van der Waals surface area contributed by atoms with Crippen LogP contribution in [0.1, 0.15) is 49.8 Å². The zero-order valence-corrected chi connectivity index (χ0v) is 21.6. The van der Waals surface area contributed by atoms with Crippen molar-refractivity contribution in [1.29, 1.82) is 0 Å². The number of carbonyl (C=O) groups excluding carboxylic acids is 2. The van der Waals surface area contributed by atoms with Gasteiger partial charge in [0, 0.05) is 26.2 Å². The van der Waals surface area contributed by atoms with Crippen molar-refractivity contribution >= 4 is 11.8 Å². The summed E-state index contributed by atoms with van der Waals surface area (Å²) in [5, 5.41) is 3.10. The minimum Gasteiger partial charge on any atom is -0.486 e. The summed E-state index contributed by atoms with van der Waals surface area (Å²) in [6, 6.07) is 13.9. The maximum atomic E-state index is 13.8. The number of carbonyl (C=O) groups is 2. The molecule has 3 aliphatic rings. The molecule has 3 heterocycles. The lowest BCUT2D eigenvalue weighted by atomic mass is 9.80. The standard InChI is InChI=1S/C29H37N3O4/c1-20(2)15-24-27(33)32(19-22-6-4-5-21(3)16-22)29(28(34)30-24)9-11-31(12-10-29)18-23-7-8-25-26(17-23)36-14-13-35-25/h4-8,16-17,20,24H,9-15,18-19H2,1-3H3,(H,30,34). The quantitative estimate of drug-likeness (QED) is 0.668. The Bertz CT molecular complexity index is 1120. The molecular weight excluding hydrogens is 454 g/mol. The molecule has 2 amide bonds. The van der Waals surface area contributed by atoms with Crippen LogP contribution in [0, 0.1) is 12.8 Å². The molecule has 36 heavy (non-hydrogen) atoms. The van der Waals surface area contributed by atoms with Crippen molar-refractivity contribution in [2.45, 2.75) is 64.7 Å². The van der Waals surface area contributed by atoms with Gasteiger partial charge in [-0.05, 0) is 55.4 Å². The number of benzene rings is 2. The third-order valence-electron chi connectivity index (χ3n) is 7.64. The van der Waals surface area contributed by atoms with Gasteiger partial charge >= 0.3 is 0 Å². The molecule has 5 rings (SSSR count). The Morgan fingerprint density at radius 1 is 0.972 bits per heavy atom. The lowest BCUT2D eigenvalue weighted by Gasteiger charge is -2.52. The van der Waals surface area contributed by atoms with E-state index in [1.165, 1.54) is 0 Å². The Morgan fingerprint density at radius 2 is 1.69 bits per heavy atom. The summed E-state index contributed by atoms with van der Waals surface area (Å²) in [7, 11) is 0. The summed E-state index contributed by atoms with van der Waals surface area (Å²) in [4.78, 5) is 31.7. The number of piperidine rings is 1. The van der Waals surface area contributed by atoms with E-state index < -0.39 is 11.6 Å². The van der Waals surface area contributed by atoms with Gasteiger partial charge < -0.3 is 19.7 Å². The van der Waals surface area contributed by atoms with Crippen LogP contribution in [-0.4, -0.2) is 59.5 Å². The van der Waals surface area contributed by atoms with Crippen LogP contribution in [-0.2, 0) is 22.7 Å². The topological polar surface area (TPSA) is 71.1 Å². The van der Waals surface area contributed by atoms with Gasteiger partial charge in [-0.3, -0.25) is 14.5 Å². The molecule has 1 unspecified atom stereocenters. The molecule has 2 fully saturated rings. The van der Waals surface area contributed by atoms with Gasteiger partial charge in [0.25, 0.3) is 0 Å². The normalized spacial score (nSPS) is 21.7. The predicted molar refractivity (Wildman–Crippen MR) is 138 cm³/mol. The number of nitrogens with one attached hydrogen (secondary N) is 1. The van der Waals surface area contributed by atoms with E-state index in [0.717, 1.165) is 47.8 Å². The maximum Gasteiger partial charge on any atom is 0.246 e. The molecule has 192 valence electrons. The van der Waals surface area contributed by atoms with Gasteiger partial charge in [-0.25, -0.2) is 0 Å². The molecule has 7 heteroatoms. The Morgan fingerprint density at radius 3 is 2.42 bits per heavy atom. The number of likely N-dealkylation sites (tertiary alicyclic amines) is 1. The van der Waals surface area contributed by atoms with E-state index in [1.807, 2.05) is 17.0 Å². The SMILES string of the molecule is Cc1cccc(CN2C(=O)C(CC(C)C)NC(=O)C23CCN(Cc2ccc4c(c2)OCCO4)CC3)c1. The molecule has 1 atom stereocenters. The van der Waals surface area contributed by atoms with Crippen molar-refractivity contribution in [3.8, 4) is 11.5 Å². The van der Waals surface area contributed by atoms with Crippen molar-refractivity contribution in [2.24, 2.45) is 5.92 Å². The van der Waals surface area contributed by atoms with Crippen molar-refractivity contribution in [2.75, 3.05) is 26.3 Å². The largest absolute Gasteiger partial charge is 0.486 e. The fourth-order valence-electron chi connectivity index (χ4n) is 5.75. The van der Waals surface area contributed by atoms with Gasteiger partial charge in [-0.1, -0.05) is 49.7 Å². The first kappa shape index (κ1) is 24.6. The van der Waals surface area contributed by atoms with Crippen LogP contribution < -0.4 is 14.8 Å². The molecule has 0 saturated carbocycles. The first-order chi connectivity index (χ1) is 17.3. The van der Waals surface area contributed by atoms with E-state index in [9.17, 15) is 9.59 Å². The first-order valence-electron chi connectivity index (χ1n) is 13.1. The second kappa shape index (κ2) is 10.1. The van der Waals surface area contributed by atoms with Crippen LogP contribution in [0.3, 0.4) is 0 Å². The number of fused-ring (bicyclic) bond motifs is 1. The highest BCUT2D eigenvalue weighted by Crippen LogP contribution is 2.36. The van der Waals surface area contributed by atoms with Gasteiger partial charge in [0.15, 0.2) is 11.5 Å². The zero-order chi connectivity index (χ0) is 25.3. The summed E-state index contributed by atoms with van der Waals surface area (Å²) in [6.45, 7) is 10.1. The summed E-state index contributed by atoms with van der Waals surface area (Å²) < 4.78 is 11.4. The lowest BCUT2D eigenvalue weighted by Crippen LogP contribution is -2.72. The Labute approximate surface area is 213 Å². The molecule has 1 N–H and O–H groups in total. The van der Waals surface area contributed by atoms with Crippen LogP contribution in [0.4, 0.5) is 0 Å². The van der Waals surface area contributed by atoms with Crippen molar-refractivity contribution in [3.05, 3.63) is 59.2 Å². The molecule has 3 aliphatic heterocycles. The molecule has 0 radical (unpaired) electrons. The summed E-state index contributed by atoms with van der Waals surface area (Å²) in [5.74, 6) is 1.96. The number of amides is 2. The van der Waals surface area contributed by atoms with Crippen LogP contribution in [0.25, 0.3) is 0 Å². The van der Waals surface area contributed by atoms with E-state index in [2.05, 4.69) is 61.3 Å². The van der Waals surface area contributed by atoms with E-state index in [0.29, 0.717) is 44.9 Å². The molecule has 0 bridgehead atoms. The van der Waals surface area contributed by atoms with Gasteiger partial charge in [0.2, 0.25) is 11.8 Å². The average molecular weight is 492 g/mol. The number of aryl methyl sites for hydroxylation is 1. The first-order valence-corrected chi connectivity index (χ1v) is 13.1. The molecule has 0 aromatic heterocycles. The molecule has 2 aromatic rings. The van der Waals surface area contributed by atoms with Gasteiger partial charge in [-0.15, -0.1) is 0 Å². The fraction of sp³-hybridized carbons (Fsp3) is 0.517. The Hall–Kier alpha value is -3.06. The molecule has 7 nitrogen and oxygen atoms in total. The Balaban J connectivity index is 1.34. The number of rotatable bonds is 6. The number of ether oxygens (including phenoxy) is 2. The monoisotopic (exact) mass is 491 g/mol. The number of nitrogens with zero attached hydrogens (tertiary/aromatic N) is 2. The highest BCUT2D eigenvalue weighted by atomic mass is 16.6. The molecular formula is C29H37N3O4.